The van der Waals surface area contributed by atoms with E-state index in [4.69, 9.17) is 15.2 Å². The molecular formula is C34H29F3N2O6S. The molecule has 1 aliphatic carbocycles. The molecule has 6 rings (SSSR count). The van der Waals surface area contributed by atoms with Crippen molar-refractivity contribution in [3.63, 3.8) is 0 Å². The minimum atomic E-state index is -4.49. The SMILES string of the molecule is NC(=O)C1CCN(C(=O)OCC2c3ccccc3-c3ccccc32)C(S(=O)(=O)c2ccc(Oc3ccc(C(F)(F)F)cc3)cc2)C1. The Bertz CT molecular complexity index is 1830. The number of sulfone groups is 1. The summed E-state index contributed by atoms with van der Waals surface area (Å²) in [5.74, 6) is -1.34. The second-order valence-corrected chi connectivity index (χ2v) is 13.3. The molecule has 0 radical (unpaired) electrons. The lowest BCUT2D eigenvalue weighted by molar-refractivity contribution is -0.137. The molecule has 0 spiro atoms. The van der Waals surface area contributed by atoms with Gasteiger partial charge in [-0.25, -0.2) is 13.2 Å². The van der Waals surface area contributed by atoms with E-state index in [0.717, 1.165) is 51.4 Å². The van der Waals surface area contributed by atoms with Crippen molar-refractivity contribution in [3.8, 4) is 22.6 Å². The number of halogens is 3. The number of rotatable bonds is 7. The lowest BCUT2D eigenvalue weighted by Gasteiger charge is -2.37. The van der Waals surface area contributed by atoms with Crippen molar-refractivity contribution in [1.29, 1.82) is 0 Å². The minimum Gasteiger partial charge on any atom is -0.457 e. The first-order valence-electron chi connectivity index (χ1n) is 14.5. The van der Waals surface area contributed by atoms with E-state index >= 15 is 0 Å². The van der Waals surface area contributed by atoms with Gasteiger partial charge in [0.15, 0.2) is 9.84 Å². The number of primary amides is 1. The Morgan fingerprint density at radius 2 is 1.37 bits per heavy atom. The van der Waals surface area contributed by atoms with E-state index < -0.39 is 44.9 Å². The summed E-state index contributed by atoms with van der Waals surface area (Å²) < 4.78 is 77.8. The Labute approximate surface area is 263 Å². The maximum Gasteiger partial charge on any atom is 0.416 e. The number of hydrogen-bond acceptors (Lipinski definition) is 6. The number of fused-ring (bicyclic) bond motifs is 3. The van der Waals surface area contributed by atoms with Crippen LogP contribution in [0.3, 0.4) is 0 Å². The fraction of sp³-hybridized carbons (Fsp3) is 0.235. The van der Waals surface area contributed by atoms with Gasteiger partial charge in [-0.1, -0.05) is 48.5 Å². The number of amides is 2. The Morgan fingerprint density at radius 3 is 1.91 bits per heavy atom. The highest BCUT2D eigenvalue weighted by Gasteiger charge is 2.43. The molecule has 238 valence electrons. The van der Waals surface area contributed by atoms with Crippen molar-refractivity contribution in [2.75, 3.05) is 13.2 Å². The van der Waals surface area contributed by atoms with Gasteiger partial charge in [0, 0.05) is 18.4 Å². The number of hydrogen-bond donors (Lipinski definition) is 1. The average molecular weight is 651 g/mol. The lowest BCUT2D eigenvalue weighted by Crippen LogP contribution is -2.52. The molecule has 1 heterocycles. The number of benzene rings is 4. The minimum absolute atomic E-state index is 0.00857. The lowest BCUT2D eigenvalue weighted by atomic mass is 9.96. The number of nitrogens with zero attached hydrogens (tertiary/aromatic N) is 1. The Balaban J connectivity index is 1.20. The summed E-state index contributed by atoms with van der Waals surface area (Å²) in [7, 11) is -4.23. The molecule has 2 unspecified atom stereocenters. The number of carbonyl (C=O) groups excluding carboxylic acids is 2. The molecule has 2 aliphatic rings. The Morgan fingerprint density at radius 1 is 0.826 bits per heavy atom. The molecule has 12 heteroatoms. The van der Waals surface area contributed by atoms with E-state index in [0.29, 0.717) is 0 Å². The Kier molecular flexibility index (Phi) is 8.24. The van der Waals surface area contributed by atoms with Crippen LogP contribution < -0.4 is 10.5 Å². The maximum absolute atomic E-state index is 13.9. The first kappa shape index (κ1) is 31.2. The third kappa shape index (κ3) is 6.04. The number of nitrogens with two attached hydrogens (primary N) is 1. The predicted octanol–water partition coefficient (Wildman–Crippen LogP) is 6.74. The first-order chi connectivity index (χ1) is 21.9. The zero-order chi connectivity index (χ0) is 32.6. The fourth-order valence-electron chi connectivity index (χ4n) is 6.07. The third-order valence-electron chi connectivity index (χ3n) is 8.45. The molecule has 46 heavy (non-hydrogen) atoms. The van der Waals surface area contributed by atoms with Gasteiger partial charge in [-0.3, -0.25) is 9.69 Å². The molecule has 0 saturated carbocycles. The molecule has 1 fully saturated rings. The van der Waals surface area contributed by atoms with Crippen molar-refractivity contribution >= 4 is 21.8 Å². The van der Waals surface area contributed by atoms with Crippen molar-refractivity contribution < 1.29 is 40.7 Å². The van der Waals surface area contributed by atoms with E-state index in [2.05, 4.69) is 0 Å². The molecule has 2 amide bonds. The highest BCUT2D eigenvalue weighted by molar-refractivity contribution is 7.92. The third-order valence-corrected chi connectivity index (χ3v) is 10.5. The molecular weight excluding hydrogens is 621 g/mol. The van der Waals surface area contributed by atoms with E-state index in [-0.39, 0.29) is 48.3 Å². The van der Waals surface area contributed by atoms with Gasteiger partial charge in [0.25, 0.3) is 0 Å². The summed E-state index contributed by atoms with van der Waals surface area (Å²) in [6.07, 6.45) is -5.33. The number of ether oxygens (including phenoxy) is 2. The summed E-state index contributed by atoms with van der Waals surface area (Å²) in [6, 6.07) is 25.0. The summed E-state index contributed by atoms with van der Waals surface area (Å²) >= 11 is 0. The highest BCUT2D eigenvalue weighted by Crippen LogP contribution is 2.45. The first-order valence-corrected chi connectivity index (χ1v) is 16.1. The van der Waals surface area contributed by atoms with Crippen LogP contribution in [0.5, 0.6) is 11.5 Å². The van der Waals surface area contributed by atoms with Gasteiger partial charge in [0.05, 0.1) is 10.5 Å². The van der Waals surface area contributed by atoms with Gasteiger partial charge >= 0.3 is 12.3 Å². The molecule has 0 aromatic heterocycles. The Hall–Kier alpha value is -4.84. The topological polar surface area (TPSA) is 116 Å². The quantitative estimate of drug-likeness (QED) is 0.237. The van der Waals surface area contributed by atoms with Crippen molar-refractivity contribution in [3.05, 3.63) is 114 Å². The molecule has 2 atom stereocenters. The second-order valence-electron chi connectivity index (χ2n) is 11.2. The van der Waals surface area contributed by atoms with E-state index in [1.807, 2.05) is 48.5 Å². The molecule has 4 aromatic rings. The number of alkyl halides is 3. The van der Waals surface area contributed by atoms with Gasteiger partial charge in [-0.15, -0.1) is 0 Å². The largest absolute Gasteiger partial charge is 0.457 e. The molecule has 1 saturated heterocycles. The average Bonchev–Trinajstić information content (AvgIpc) is 3.37. The van der Waals surface area contributed by atoms with Crippen LogP contribution in [0.1, 0.15) is 35.4 Å². The normalized spacial score (nSPS) is 18.0. The van der Waals surface area contributed by atoms with Crippen molar-refractivity contribution in [2.24, 2.45) is 11.7 Å². The van der Waals surface area contributed by atoms with Gasteiger partial charge in [0.2, 0.25) is 5.91 Å². The molecule has 0 bridgehead atoms. The van der Waals surface area contributed by atoms with E-state index in [1.54, 1.807) is 0 Å². The zero-order valence-electron chi connectivity index (χ0n) is 24.3. The number of likely N-dealkylation sites (tertiary alicyclic amines) is 1. The van der Waals surface area contributed by atoms with E-state index in [1.165, 1.54) is 24.3 Å². The molecule has 1 aliphatic heterocycles. The van der Waals surface area contributed by atoms with Gasteiger partial charge in [-0.05, 0) is 83.6 Å². The van der Waals surface area contributed by atoms with Crippen LogP contribution in [0.2, 0.25) is 0 Å². The van der Waals surface area contributed by atoms with Crippen LogP contribution in [0.25, 0.3) is 11.1 Å². The van der Waals surface area contributed by atoms with Crippen LogP contribution in [0.15, 0.2) is 102 Å². The standard InChI is InChI=1S/C34H29F3N2O6S/c35-34(36,37)22-9-11-23(12-10-22)45-24-13-15-25(16-14-24)46(42,43)31-19-21(32(38)40)17-18-39(31)33(41)44-20-30-28-7-3-1-5-26(28)27-6-2-4-8-29(27)30/h1-16,21,30-31H,17-20H2,(H2,38,40). The van der Waals surface area contributed by atoms with Crippen LogP contribution in [-0.4, -0.2) is 43.8 Å². The number of piperidine rings is 1. The summed E-state index contributed by atoms with van der Waals surface area (Å²) in [4.78, 5) is 26.6. The van der Waals surface area contributed by atoms with Crippen LogP contribution >= 0.6 is 0 Å². The van der Waals surface area contributed by atoms with Crippen LogP contribution in [-0.2, 0) is 25.5 Å². The van der Waals surface area contributed by atoms with Crippen molar-refractivity contribution in [1.82, 2.24) is 4.90 Å². The summed E-state index contributed by atoms with van der Waals surface area (Å²) in [5.41, 5.74) is 8.82. The second kappa shape index (κ2) is 12.2. The molecule has 4 aromatic carbocycles. The van der Waals surface area contributed by atoms with Crippen LogP contribution in [0, 0.1) is 5.92 Å². The summed E-state index contributed by atoms with van der Waals surface area (Å²) in [5, 5.41) is -1.42. The molecule has 2 N–H and O–H groups in total. The fourth-order valence-corrected chi connectivity index (χ4v) is 7.91. The maximum atomic E-state index is 13.9. The smallest absolute Gasteiger partial charge is 0.416 e. The summed E-state index contributed by atoms with van der Waals surface area (Å²) in [6.45, 7) is -0.0609. The number of carbonyl (C=O) groups is 2. The van der Waals surface area contributed by atoms with Gasteiger partial charge in [-0.2, -0.15) is 13.2 Å². The molecule has 8 nitrogen and oxygen atoms in total. The van der Waals surface area contributed by atoms with Crippen molar-refractivity contribution in [2.45, 2.75) is 35.2 Å². The van der Waals surface area contributed by atoms with Gasteiger partial charge < -0.3 is 15.2 Å². The predicted molar refractivity (Wildman–Crippen MR) is 163 cm³/mol. The zero-order valence-corrected chi connectivity index (χ0v) is 25.1. The highest BCUT2D eigenvalue weighted by atomic mass is 32.2. The van der Waals surface area contributed by atoms with E-state index in [9.17, 15) is 31.2 Å². The monoisotopic (exact) mass is 650 g/mol. The van der Waals surface area contributed by atoms with Crippen LogP contribution in [0.4, 0.5) is 18.0 Å². The van der Waals surface area contributed by atoms with Gasteiger partial charge in [0.1, 0.15) is 23.5 Å².